The van der Waals surface area contributed by atoms with E-state index in [-0.39, 0.29) is 17.1 Å². The molecule has 1 atom stereocenters. The van der Waals surface area contributed by atoms with Crippen molar-refractivity contribution in [3.8, 4) is 11.4 Å². The first-order valence-electron chi connectivity index (χ1n) is 8.00. The highest BCUT2D eigenvalue weighted by atomic mass is 35.5. The lowest BCUT2D eigenvalue weighted by Crippen LogP contribution is -2.44. The van der Waals surface area contributed by atoms with E-state index >= 15 is 0 Å². The van der Waals surface area contributed by atoms with Crippen LogP contribution in [0.4, 0.5) is 14.9 Å². The molecule has 134 valence electrons. The molecule has 2 aromatic heterocycles. The van der Waals surface area contributed by atoms with Crippen LogP contribution in [-0.2, 0) is 13.0 Å². The summed E-state index contributed by atoms with van der Waals surface area (Å²) in [5, 5.41) is 12.1. The van der Waals surface area contributed by atoms with Gasteiger partial charge in [-0.05, 0) is 25.1 Å². The SMILES string of the molecule is C[C@H]1Cc2[nH]nc(-c3cscn3)c2CN1C(=O)Nc1ccc(F)c(Cl)c1. The number of anilines is 1. The van der Waals surface area contributed by atoms with Crippen LogP contribution in [0.1, 0.15) is 18.2 Å². The number of hydrogen-bond donors (Lipinski definition) is 2. The van der Waals surface area contributed by atoms with Crippen LogP contribution >= 0.6 is 22.9 Å². The van der Waals surface area contributed by atoms with Crippen molar-refractivity contribution < 1.29 is 9.18 Å². The minimum atomic E-state index is -0.521. The predicted octanol–water partition coefficient (Wildman–Crippen LogP) is 4.30. The van der Waals surface area contributed by atoms with Gasteiger partial charge in [-0.3, -0.25) is 5.10 Å². The number of nitrogens with zero attached hydrogens (tertiary/aromatic N) is 3. The van der Waals surface area contributed by atoms with E-state index in [4.69, 9.17) is 11.6 Å². The fourth-order valence-electron chi connectivity index (χ4n) is 3.05. The summed E-state index contributed by atoms with van der Waals surface area (Å²) in [5.74, 6) is -0.521. The second kappa shape index (κ2) is 6.69. The minimum absolute atomic E-state index is 0.0119. The lowest BCUT2D eigenvalue weighted by atomic mass is 9.99. The molecule has 26 heavy (non-hydrogen) atoms. The number of aromatic nitrogens is 3. The topological polar surface area (TPSA) is 73.9 Å². The van der Waals surface area contributed by atoms with Gasteiger partial charge in [-0.25, -0.2) is 14.2 Å². The highest BCUT2D eigenvalue weighted by Crippen LogP contribution is 2.31. The summed E-state index contributed by atoms with van der Waals surface area (Å²) in [4.78, 5) is 18.8. The Hall–Kier alpha value is -2.45. The maximum absolute atomic E-state index is 13.3. The number of hydrogen-bond acceptors (Lipinski definition) is 4. The Kier molecular flexibility index (Phi) is 4.37. The van der Waals surface area contributed by atoms with E-state index in [0.717, 1.165) is 22.6 Å². The second-order valence-electron chi connectivity index (χ2n) is 6.14. The normalized spacial score (nSPS) is 16.4. The molecule has 9 heteroatoms. The summed E-state index contributed by atoms with van der Waals surface area (Å²) in [6.07, 6.45) is 0.671. The average Bonchev–Trinajstić information content (AvgIpc) is 3.26. The zero-order valence-electron chi connectivity index (χ0n) is 13.8. The first-order valence-corrected chi connectivity index (χ1v) is 9.32. The van der Waals surface area contributed by atoms with Gasteiger partial charge in [-0.15, -0.1) is 11.3 Å². The van der Waals surface area contributed by atoms with E-state index in [1.807, 2.05) is 12.3 Å². The number of carbonyl (C=O) groups is 1. The Labute approximate surface area is 158 Å². The average molecular weight is 392 g/mol. The van der Waals surface area contributed by atoms with Crippen molar-refractivity contribution in [1.82, 2.24) is 20.1 Å². The molecule has 1 aliphatic heterocycles. The van der Waals surface area contributed by atoms with Gasteiger partial charge in [0.15, 0.2) is 0 Å². The van der Waals surface area contributed by atoms with Crippen LogP contribution in [-0.4, -0.2) is 32.2 Å². The van der Waals surface area contributed by atoms with Crippen molar-refractivity contribution in [3.05, 3.63) is 51.2 Å². The van der Waals surface area contributed by atoms with Crippen LogP contribution in [0, 0.1) is 5.82 Å². The van der Waals surface area contributed by atoms with E-state index in [1.165, 1.54) is 29.5 Å². The van der Waals surface area contributed by atoms with Gasteiger partial charge in [-0.1, -0.05) is 11.6 Å². The van der Waals surface area contributed by atoms with Crippen molar-refractivity contribution in [2.75, 3.05) is 5.32 Å². The molecule has 0 unspecified atom stereocenters. The summed E-state index contributed by atoms with van der Waals surface area (Å²) in [7, 11) is 0. The van der Waals surface area contributed by atoms with Gasteiger partial charge in [0.1, 0.15) is 17.2 Å². The van der Waals surface area contributed by atoms with Crippen LogP contribution in [0.15, 0.2) is 29.1 Å². The molecule has 3 aromatic rings. The molecule has 0 fully saturated rings. The van der Waals surface area contributed by atoms with Crippen LogP contribution in [0.5, 0.6) is 0 Å². The van der Waals surface area contributed by atoms with Gasteiger partial charge in [-0.2, -0.15) is 5.10 Å². The zero-order chi connectivity index (χ0) is 18.3. The molecule has 0 aliphatic carbocycles. The van der Waals surface area contributed by atoms with E-state index in [0.29, 0.717) is 18.7 Å². The molecular weight excluding hydrogens is 377 g/mol. The van der Waals surface area contributed by atoms with Crippen molar-refractivity contribution >= 4 is 34.7 Å². The molecule has 0 spiro atoms. The summed E-state index contributed by atoms with van der Waals surface area (Å²) in [6, 6.07) is 3.83. The summed E-state index contributed by atoms with van der Waals surface area (Å²) in [6.45, 7) is 2.39. The molecule has 0 saturated heterocycles. The smallest absolute Gasteiger partial charge is 0.317 e. The molecule has 3 heterocycles. The first kappa shape index (κ1) is 17.0. The number of aromatic amines is 1. The standard InChI is InChI=1S/C17H15ClFN5OS/c1-9-4-14-11(16(23-22-14)15-7-26-8-20-15)6-24(9)17(25)21-10-2-3-13(19)12(18)5-10/h2-3,5,7-9H,4,6H2,1H3,(H,21,25)(H,22,23)/t9-/m0/s1. The Bertz CT molecular complexity index is 958. The predicted molar refractivity (Wildman–Crippen MR) is 98.8 cm³/mol. The number of carbonyl (C=O) groups excluding carboxylic acids is 1. The minimum Gasteiger partial charge on any atom is -0.317 e. The molecule has 1 aromatic carbocycles. The van der Waals surface area contributed by atoms with Crippen molar-refractivity contribution in [1.29, 1.82) is 0 Å². The maximum Gasteiger partial charge on any atom is 0.322 e. The molecule has 1 aliphatic rings. The lowest BCUT2D eigenvalue weighted by molar-refractivity contribution is 0.182. The summed E-state index contributed by atoms with van der Waals surface area (Å²) < 4.78 is 13.3. The number of urea groups is 1. The van der Waals surface area contributed by atoms with Gasteiger partial charge < -0.3 is 10.2 Å². The number of fused-ring (bicyclic) bond motifs is 1. The van der Waals surface area contributed by atoms with Crippen LogP contribution in [0.25, 0.3) is 11.4 Å². The third-order valence-corrected chi connectivity index (χ3v) is 5.30. The Morgan fingerprint density at radius 2 is 2.35 bits per heavy atom. The Morgan fingerprint density at radius 1 is 1.50 bits per heavy atom. The lowest BCUT2D eigenvalue weighted by Gasteiger charge is -2.33. The fraction of sp³-hybridized carbons (Fsp3) is 0.235. The number of nitrogens with one attached hydrogen (secondary N) is 2. The molecule has 2 amide bonds. The second-order valence-corrected chi connectivity index (χ2v) is 7.27. The third kappa shape index (κ3) is 3.06. The molecule has 0 saturated carbocycles. The molecule has 6 nitrogen and oxygen atoms in total. The van der Waals surface area contributed by atoms with E-state index in [1.54, 1.807) is 10.4 Å². The molecular formula is C17H15ClFN5OS. The molecule has 0 bridgehead atoms. The van der Waals surface area contributed by atoms with Crippen LogP contribution in [0.3, 0.4) is 0 Å². The monoisotopic (exact) mass is 391 g/mol. The van der Waals surface area contributed by atoms with Crippen molar-refractivity contribution in [2.45, 2.75) is 25.9 Å². The number of rotatable bonds is 2. The van der Waals surface area contributed by atoms with E-state index in [9.17, 15) is 9.18 Å². The molecule has 2 N–H and O–H groups in total. The van der Waals surface area contributed by atoms with Crippen LogP contribution in [0.2, 0.25) is 5.02 Å². The highest BCUT2D eigenvalue weighted by Gasteiger charge is 2.31. The zero-order valence-corrected chi connectivity index (χ0v) is 15.4. The van der Waals surface area contributed by atoms with Gasteiger partial charge in [0, 0.05) is 34.8 Å². The first-order chi connectivity index (χ1) is 12.5. The summed E-state index contributed by atoms with van der Waals surface area (Å²) in [5.41, 5.74) is 5.77. The number of thiazole rings is 1. The van der Waals surface area contributed by atoms with Crippen LogP contribution < -0.4 is 5.32 Å². The van der Waals surface area contributed by atoms with Crippen molar-refractivity contribution in [3.63, 3.8) is 0 Å². The number of amides is 2. The van der Waals surface area contributed by atoms with E-state index in [2.05, 4.69) is 20.5 Å². The number of benzene rings is 1. The van der Waals surface area contributed by atoms with Gasteiger partial charge in [0.25, 0.3) is 0 Å². The maximum atomic E-state index is 13.3. The Balaban J connectivity index is 1.57. The largest absolute Gasteiger partial charge is 0.322 e. The van der Waals surface area contributed by atoms with E-state index < -0.39 is 5.82 Å². The molecule has 0 radical (unpaired) electrons. The number of H-pyrrole nitrogens is 1. The summed E-state index contributed by atoms with van der Waals surface area (Å²) >= 11 is 7.28. The highest BCUT2D eigenvalue weighted by molar-refractivity contribution is 7.07. The Morgan fingerprint density at radius 3 is 3.08 bits per heavy atom. The molecule has 4 rings (SSSR count). The van der Waals surface area contributed by atoms with Gasteiger partial charge >= 0.3 is 6.03 Å². The van der Waals surface area contributed by atoms with Gasteiger partial charge in [0.2, 0.25) is 0 Å². The number of halogens is 2. The third-order valence-electron chi connectivity index (χ3n) is 4.42. The van der Waals surface area contributed by atoms with Crippen molar-refractivity contribution in [2.24, 2.45) is 0 Å². The quantitative estimate of drug-likeness (QED) is 0.683. The fourth-order valence-corrected chi connectivity index (χ4v) is 3.77. The van der Waals surface area contributed by atoms with Gasteiger partial charge in [0.05, 0.1) is 17.1 Å².